The maximum absolute atomic E-state index is 12.4. The molecule has 1 aromatic heterocycles. The van der Waals surface area contributed by atoms with E-state index in [2.05, 4.69) is 15.5 Å². The summed E-state index contributed by atoms with van der Waals surface area (Å²) < 4.78 is 5.23. The molecule has 24 heavy (non-hydrogen) atoms. The minimum absolute atomic E-state index is 0.000680. The molecule has 1 aliphatic carbocycles. The van der Waals surface area contributed by atoms with Gasteiger partial charge in [-0.15, -0.1) is 10.2 Å². The number of ether oxygens (including phenoxy) is 1. The maximum atomic E-state index is 12.4. The highest BCUT2D eigenvalue weighted by Crippen LogP contribution is 2.32. The van der Waals surface area contributed by atoms with Crippen LogP contribution in [0.15, 0.2) is 24.3 Å². The van der Waals surface area contributed by atoms with Gasteiger partial charge < -0.3 is 15.8 Å². The third-order valence-electron chi connectivity index (χ3n) is 4.49. The lowest BCUT2D eigenvalue weighted by Gasteiger charge is -2.15. The summed E-state index contributed by atoms with van der Waals surface area (Å²) in [6.45, 7) is 0.565. The topological polar surface area (TPSA) is 90.1 Å². The second kappa shape index (κ2) is 7.72. The van der Waals surface area contributed by atoms with Crippen LogP contribution >= 0.6 is 11.3 Å². The van der Waals surface area contributed by atoms with Crippen molar-refractivity contribution in [3.63, 3.8) is 0 Å². The van der Waals surface area contributed by atoms with Crippen LogP contribution < -0.4 is 15.8 Å². The first-order valence-corrected chi connectivity index (χ1v) is 8.97. The summed E-state index contributed by atoms with van der Waals surface area (Å²) in [6.07, 6.45) is 3.67. The molecule has 2 atom stereocenters. The molecule has 7 heteroatoms. The lowest BCUT2D eigenvalue weighted by molar-refractivity contribution is -0.120. The van der Waals surface area contributed by atoms with E-state index in [0.29, 0.717) is 18.1 Å². The molecule has 0 radical (unpaired) electrons. The third-order valence-corrected chi connectivity index (χ3v) is 5.32. The molecule has 0 unspecified atom stereocenters. The molecule has 3 rings (SSSR count). The second-order valence-corrected chi connectivity index (χ2v) is 7.11. The number of hydrogen-bond donors (Lipinski definition) is 2. The van der Waals surface area contributed by atoms with Crippen LogP contribution in [0.5, 0.6) is 5.75 Å². The van der Waals surface area contributed by atoms with Crippen molar-refractivity contribution in [1.29, 1.82) is 0 Å². The van der Waals surface area contributed by atoms with Crippen molar-refractivity contribution < 1.29 is 9.53 Å². The fraction of sp³-hybridized carbons (Fsp3) is 0.471. The molecule has 1 aliphatic rings. The van der Waals surface area contributed by atoms with E-state index in [1.807, 2.05) is 24.3 Å². The average molecular weight is 346 g/mol. The molecule has 0 spiro atoms. The number of amides is 1. The Bertz CT molecular complexity index is 703. The molecule has 128 valence electrons. The number of anilines is 1. The lowest BCUT2D eigenvalue weighted by atomic mass is 9.95. The number of methoxy groups -OCH3 is 1. The van der Waals surface area contributed by atoms with E-state index in [9.17, 15) is 4.79 Å². The summed E-state index contributed by atoms with van der Waals surface area (Å²) in [5.74, 6) is 1.13. The van der Waals surface area contributed by atoms with Crippen molar-refractivity contribution in [2.24, 2.45) is 17.6 Å². The SMILES string of the molecule is COc1cccc(Cc2nnc(NC(=O)[C@@H]3CCC[C@@H]3CN)s2)c1. The number of carbonyl (C=O) groups is 1. The molecule has 0 aliphatic heterocycles. The molecule has 0 saturated heterocycles. The van der Waals surface area contributed by atoms with Gasteiger partial charge in [0.2, 0.25) is 11.0 Å². The summed E-state index contributed by atoms with van der Waals surface area (Å²) in [4.78, 5) is 12.4. The predicted octanol–water partition coefficient (Wildman–Crippen LogP) is 2.45. The first-order valence-electron chi connectivity index (χ1n) is 8.16. The van der Waals surface area contributed by atoms with Crippen molar-refractivity contribution in [2.45, 2.75) is 25.7 Å². The number of aromatic nitrogens is 2. The van der Waals surface area contributed by atoms with Crippen molar-refractivity contribution >= 4 is 22.4 Å². The number of nitrogens with one attached hydrogen (secondary N) is 1. The zero-order chi connectivity index (χ0) is 16.9. The Hall–Kier alpha value is -1.99. The van der Waals surface area contributed by atoms with Gasteiger partial charge in [0.15, 0.2) is 0 Å². The molecule has 1 fully saturated rings. The number of rotatable bonds is 6. The van der Waals surface area contributed by atoms with Crippen LogP contribution in [-0.4, -0.2) is 29.8 Å². The van der Waals surface area contributed by atoms with Gasteiger partial charge in [-0.2, -0.15) is 0 Å². The van der Waals surface area contributed by atoms with Crippen molar-refractivity contribution in [1.82, 2.24) is 10.2 Å². The molecule has 1 amide bonds. The first-order chi connectivity index (χ1) is 11.7. The molecule has 3 N–H and O–H groups in total. The fourth-order valence-corrected chi connectivity index (χ4v) is 3.97. The van der Waals surface area contributed by atoms with Crippen molar-refractivity contribution in [3.8, 4) is 5.75 Å². The van der Waals surface area contributed by atoms with E-state index < -0.39 is 0 Å². The van der Waals surface area contributed by atoms with Gasteiger partial charge in [0.25, 0.3) is 0 Å². The second-order valence-electron chi connectivity index (χ2n) is 6.05. The number of hydrogen-bond acceptors (Lipinski definition) is 6. The quantitative estimate of drug-likeness (QED) is 0.838. The minimum atomic E-state index is 0.000680. The highest BCUT2D eigenvalue weighted by Gasteiger charge is 2.32. The molecular weight excluding hydrogens is 324 g/mol. The Morgan fingerprint density at radius 1 is 1.42 bits per heavy atom. The van der Waals surface area contributed by atoms with Gasteiger partial charge in [-0.3, -0.25) is 4.79 Å². The molecule has 0 bridgehead atoms. The van der Waals surface area contributed by atoms with Gasteiger partial charge in [-0.05, 0) is 43.0 Å². The summed E-state index contributed by atoms with van der Waals surface area (Å²) in [5, 5.41) is 12.6. The standard InChI is InChI=1S/C17H22N4O2S/c1-23-13-6-2-4-11(8-13)9-15-20-21-17(24-15)19-16(22)14-7-3-5-12(14)10-18/h2,4,6,8,12,14H,3,5,7,9-10,18H2,1H3,(H,19,21,22)/t12-,14-/m1/s1. The van der Waals surface area contributed by atoms with Gasteiger partial charge in [0.1, 0.15) is 10.8 Å². The van der Waals surface area contributed by atoms with E-state index in [1.54, 1.807) is 7.11 Å². The Kier molecular flexibility index (Phi) is 5.42. The van der Waals surface area contributed by atoms with E-state index in [1.165, 1.54) is 11.3 Å². The van der Waals surface area contributed by atoms with Crippen LogP contribution in [0.1, 0.15) is 29.8 Å². The van der Waals surface area contributed by atoms with Crippen LogP contribution in [0.4, 0.5) is 5.13 Å². The number of nitrogens with two attached hydrogens (primary N) is 1. The summed E-state index contributed by atoms with van der Waals surface area (Å²) >= 11 is 1.41. The molecular formula is C17H22N4O2S. The van der Waals surface area contributed by atoms with Crippen molar-refractivity contribution in [2.75, 3.05) is 19.0 Å². The maximum Gasteiger partial charge on any atom is 0.229 e. The van der Waals surface area contributed by atoms with Crippen molar-refractivity contribution in [3.05, 3.63) is 34.8 Å². The van der Waals surface area contributed by atoms with Crippen LogP contribution in [0, 0.1) is 11.8 Å². The van der Waals surface area contributed by atoms with Gasteiger partial charge in [0.05, 0.1) is 7.11 Å². The lowest BCUT2D eigenvalue weighted by Crippen LogP contribution is -2.29. The fourth-order valence-electron chi connectivity index (χ4n) is 3.19. The molecule has 1 heterocycles. The van der Waals surface area contributed by atoms with Gasteiger partial charge >= 0.3 is 0 Å². The number of benzene rings is 1. The van der Waals surface area contributed by atoms with Gasteiger partial charge in [0, 0.05) is 12.3 Å². The van der Waals surface area contributed by atoms with Gasteiger partial charge in [-0.1, -0.05) is 29.9 Å². The highest BCUT2D eigenvalue weighted by molar-refractivity contribution is 7.15. The van der Waals surface area contributed by atoms with E-state index >= 15 is 0 Å². The Labute approximate surface area is 145 Å². The zero-order valence-corrected chi connectivity index (χ0v) is 14.5. The average Bonchev–Trinajstić information content (AvgIpc) is 3.24. The normalized spacial score (nSPS) is 20.1. The van der Waals surface area contributed by atoms with Crippen LogP contribution in [-0.2, 0) is 11.2 Å². The summed E-state index contributed by atoms with van der Waals surface area (Å²) in [5.41, 5.74) is 6.85. The number of carbonyl (C=O) groups excluding carboxylic acids is 1. The summed E-state index contributed by atoms with van der Waals surface area (Å²) in [7, 11) is 1.65. The van der Waals surface area contributed by atoms with Crippen LogP contribution in [0.25, 0.3) is 0 Å². The van der Waals surface area contributed by atoms with E-state index in [4.69, 9.17) is 10.5 Å². The number of nitrogens with zero attached hydrogens (tertiary/aromatic N) is 2. The van der Waals surface area contributed by atoms with Crippen LogP contribution in [0.3, 0.4) is 0 Å². The predicted molar refractivity (Wildman–Crippen MR) is 94.2 cm³/mol. The molecule has 1 aromatic carbocycles. The highest BCUT2D eigenvalue weighted by atomic mass is 32.1. The minimum Gasteiger partial charge on any atom is -0.497 e. The third kappa shape index (κ3) is 3.91. The Morgan fingerprint density at radius 3 is 3.08 bits per heavy atom. The Balaban J connectivity index is 1.62. The smallest absolute Gasteiger partial charge is 0.229 e. The van der Waals surface area contributed by atoms with E-state index in [-0.39, 0.29) is 17.7 Å². The largest absolute Gasteiger partial charge is 0.497 e. The first kappa shape index (κ1) is 16.9. The molecule has 1 saturated carbocycles. The molecule has 2 aromatic rings. The monoisotopic (exact) mass is 346 g/mol. The zero-order valence-electron chi connectivity index (χ0n) is 13.7. The molecule has 6 nitrogen and oxygen atoms in total. The van der Waals surface area contributed by atoms with E-state index in [0.717, 1.165) is 35.6 Å². The summed E-state index contributed by atoms with van der Waals surface area (Å²) in [6, 6.07) is 7.85. The Morgan fingerprint density at radius 2 is 2.29 bits per heavy atom. The van der Waals surface area contributed by atoms with Gasteiger partial charge in [-0.25, -0.2) is 0 Å². The van der Waals surface area contributed by atoms with Crippen LogP contribution in [0.2, 0.25) is 0 Å².